The van der Waals surface area contributed by atoms with Gasteiger partial charge in [0.05, 0.1) is 12.1 Å². The summed E-state index contributed by atoms with van der Waals surface area (Å²) in [6.07, 6.45) is 5.21. The van der Waals surface area contributed by atoms with Crippen LogP contribution in [0.4, 0.5) is 0 Å². The van der Waals surface area contributed by atoms with E-state index in [1.54, 1.807) is 6.92 Å². The third-order valence-electron chi connectivity index (χ3n) is 2.30. The van der Waals surface area contributed by atoms with Crippen LogP contribution >= 0.6 is 0 Å². The van der Waals surface area contributed by atoms with E-state index in [1.807, 2.05) is 19.1 Å². The fourth-order valence-electron chi connectivity index (χ4n) is 1.23. The Morgan fingerprint density at radius 3 is 2.61 bits per heavy atom. The number of carboxylic acid groups (broad SMARTS) is 1. The second kappa shape index (κ2) is 13.1. The van der Waals surface area contributed by atoms with E-state index in [4.69, 9.17) is 0 Å². The van der Waals surface area contributed by atoms with Gasteiger partial charge in [-0.3, -0.25) is 0 Å². The van der Waals surface area contributed by atoms with Crippen LogP contribution < -0.4 is 34.6 Å². The number of carboxylic acids is 1. The third-order valence-corrected chi connectivity index (χ3v) is 2.30. The maximum atomic E-state index is 10.4. The van der Waals surface area contributed by atoms with Gasteiger partial charge in [-0.15, -0.1) is 0 Å². The summed E-state index contributed by atoms with van der Waals surface area (Å²) in [4.78, 5) is 10.4. The number of nitrogens with one attached hydrogen (secondary N) is 2. The zero-order valence-corrected chi connectivity index (χ0v) is 11.6. The van der Waals surface area contributed by atoms with Crippen LogP contribution in [-0.2, 0) is 4.79 Å². The summed E-state index contributed by atoms with van der Waals surface area (Å²) >= 11 is 0. The molecule has 2 unspecified atom stereocenters. The summed E-state index contributed by atoms with van der Waals surface area (Å²) in [5, 5.41) is 25.7. The van der Waals surface area contributed by atoms with Gasteiger partial charge in [0.25, 0.3) is 0 Å². The molecule has 18 heavy (non-hydrogen) atoms. The fourth-order valence-corrected chi connectivity index (χ4v) is 1.23. The van der Waals surface area contributed by atoms with E-state index in [9.17, 15) is 15.0 Å². The second-order valence-electron chi connectivity index (χ2n) is 3.97. The minimum Gasteiger partial charge on any atom is -0.548 e. The van der Waals surface area contributed by atoms with Crippen molar-refractivity contribution in [2.75, 3.05) is 19.6 Å². The number of carbonyl (C=O) groups excluding carboxylic acids is 1. The quantitative estimate of drug-likeness (QED) is 0.209. The Bertz CT molecular complexity index is 237. The SMILES string of the molecule is CC/C=C/CC(O)CNCCNC(C)C(=O)[O-].[Li+]. The Labute approximate surface area is 121 Å². The summed E-state index contributed by atoms with van der Waals surface area (Å²) in [6.45, 7) is 5.25. The average Bonchev–Trinajstić information content (AvgIpc) is 2.28. The monoisotopic (exact) mass is 250 g/mol. The summed E-state index contributed by atoms with van der Waals surface area (Å²) in [5.74, 6) is -1.10. The molecule has 3 N–H and O–H groups in total. The molecule has 0 spiro atoms. The Morgan fingerprint density at radius 2 is 2.06 bits per heavy atom. The van der Waals surface area contributed by atoms with Gasteiger partial charge in [0.1, 0.15) is 0 Å². The van der Waals surface area contributed by atoms with E-state index in [-0.39, 0.29) is 18.9 Å². The van der Waals surface area contributed by atoms with Gasteiger partial charge in [0, 0.05) is 25.7 Å². The molecule has 0 aromatic heterocycles. The maximum Gasteiger partial charge on any atom is 1.00 e. The minimum atomic E-state index is -1.10. The van der Waals surface area contributed by atoms with Crippen LogP contribution in [0.3, 0.4) is 0 Å². The second-order valence-corrected chi connectivity index (χ2v) is 3.97. The van der Waals surface area contributed by atoms with E-state index < -0.39 is 18.1 Å². The molecular formula is C12H23LiN2O3. The summed E-state index contributed by atoms with van der Waals surface area (Å²) in [5.41, 5.74) is 0. The molecule has 0 amide bonds. The Hall–Kier alpha value is -0.313. The molecule has 100 valence electrons. The number of rotatable bonds is 10. The molecule has 0 rings (SSSR count). The first-order valence-electron chi connectivity index (χ1n) is 6.06. The summed E-state index contributed by atoms with van der Waals surface area (Å²) in [6, 6.07) is -0.644. The Morgan fingerprint density at radius 1 is 1.39 bits per heavy atom. The molecule has 0 aliphatic carbocycles. The van der Waals surface area contributed by atoms with Crippen molar-refractivity contribution < 1.29 is 33.9 Å². The van der Waals surface area contributed by atoms with Crippen LogP contribution in [0.1, 0.15) is 26.7 Å². The van der Waals surface area contributed by atoms with Gasteiger partial charge in [-0.2, -0.15) is 0 Å². The molecule has 0 aromatic rings. The molecule has 0 saturated heterocycles. The molecule has 0 radical (unpaired) electrons. The molecule has 0 aliphatic rings. The van der Waals surface area contributed by atoms with Crippen LogP contribution in [0.25, 0.3) is 0 Å². The smallest absolute Gasteiger partial charge is 0.548 e. The van der Waals surface area contributed by atoms with E-state index in [2.05, 4.69) is 10.6 Å². The van der Waals surface area contributed by atoms with Gasteiger partial charge in [-0.05, 0) is 19.8 Å². The third kappa shape index (κ3) is 12.2. The summed E-state index contributed by atoms with van der Waals surface area (Å²) in [7, 11) is 0. The van der Waals surface area contributed by atoms with Gasteiger partial charge in [-0.1, -0.05) is 19.1 Å². The number of aliphatic carboxylic acids is 1. The van der Waals surface area contributed by atoms with Crippen molar-refractivity contribution in [1.82, 2.24) is 10.6 Å². The van der Waals surface area contributed by atoms with Gasteiger partial charge >= 0.3 is 18.9 Å². The van der Waals surface area contributed by atoms with Crippen molar-refractivity contribution in [1.29, 1.82) is 0 Å². The fraction of sp³-hybridized carbons (Fsp3) is 0.750. The Balaban J connectivity index is 0. The molecule has 0 bridgehead atoms. The molecule has 0 fully saturated rings. The summed E-state index contributed by atoms with van der Waals surface area (Å²) < 4.78 is 0. The number of aliphatic hydroxyl groups excluding tert-OH is 1. The first kappa shape index (κ1) is 20.0. The van der Waals surface area contributed by atoms with Crippen LogP contribution in [0.2, 0.25) is 0 Å². The van der Waals surface area contributed by atoms with E-state index in [0.29, 0.717) is 26.1 Å². The standard InChI is InChI=1S/C12H24N2O3.Li/c1-3-4-5-6-11(15)9-13-7-8-14-10(2)12(16)17;/h4-5,10-11,13-15H,3,6-9H2,1-2H3,(H,16,17);/q;+1/p-1/b5-4+;. The van der Waals surface area contributed by atoms with Crippen molar-refractivity contribution in [2.24, 2.45) is 0 Å². The molecule has 0 saturated carbocycles. The number of hydrogen-bond donors (Lipinski definition) is 3. The van der Waals surface area contributed by atoms with Crippen molar-refractivity contribution in [3.8, 4) is 0 Å². The van der Waals surface area contributed by atoms with Gasteiger partial charge < -0.3 is 25.6 Å². The van der Waals surface area contributed by atoms with Crippen molar-refractivity contribution in [2.45, 2.75) is 38.8 Å². The maximum absolute atomic E-state index is 10.4. The van der Waals surface area contributed by atoms with Gasteiger partial charge in [0.15, 0.2) is 0 Å². The number of carbonyl (C=O) groups is 1. The van der Waals surface area contributed by atoms with E-state index in [0.717, 1.165) is 6.42 Å². The van der Waals surface area contributed by atoms with Gasteiger partial charge in [0.2, 0.25) is 0 Å². The average molecular weight is 250 g/mol. The van der Waals surface area contributed by atoms with E-state index >= 15 is 0 Å². The van der Waals surface area contributed by atoms with Crippen molar-refractivity contribution in [3.63, 3.8) is 0 Å². The normalized spacial score (nSPS) is 14.2. The predicted octanol–water partition coefficient (Wildman–Crippen LogP) is -3.97. The molecule has 6 heteroatoms. The molecule has 0 aliphatic heterocycles. The molecule has 0 aromatic carbocycles. The van der Waals surface area contributed by atoms with Crippen molar-refractivity contribution in [3.05, 3.63) is 12.2 Å². The molecular weight excluding hydrogens is 227 g/mol. The largest absolute Gasteiger partial charge is 1.00 e. The van der Waals surface area contributed by atoms with Crippen LogP contribution in [-0.4, -0.2) is 42.9 Å². The van der Waals surface area contributed by atoms with Crippen LogP contribution in [0.5, 0.6) is 0 Å². The first-order valence-corrected chi connectivity index (χ1v) is 6.06. The number of aliphatic hydroxyl groups is 1. The topological polar surface area (TPSA) is 84.4 Å². The molecule has 5 nitrogen and oxygen atoms in total. The number of hydrogen-bond acceptors (Lipinski definition) is 5. The Kier molecular flexibility index (Phi) is 14.6. The van der Waals surface area contributed by atoms with Crippen LogP contribution in [0, 0.1) is 0 Å². The predicted molar refractivity (Wildman–Crippen MR) is 65.4 cm³/mol. The number of allylic oxidation sites excluding steroid dienone is 1. The molecule has 0 heterocycles. The molecule has 2 atom stereocenters. The van der Waals surface area contributed by atoms with Crippen molar-refractivity contribution >= 4 is 5.97 Å². The zero-order valence-electron chi connectivity index (χ0n) is 11.6. The minimum absolute atomic E-state index is 0. The first-order chi connectivity index (χ1) is 8.07. The van der Waals surface area contributed by atoms with E-state index in [1.165, 1.54) is 0 Å². The van der Waals surface area contributed by atoms with Crippen LogP contribution in [0.15, 0.2) is 12.2 Å². The van der Waals surface area contributed by atoms with Gasteiger partial charge in [-0.25, -0.2) is 0 Å². The zero-order chi connectivity index (χ0) is 13.1.